The van der Waals surface area contributed by atoms with Gasteiger partial charge in [0.05, 0.1) is 30.8 Å². The molecule has 1 spiro atoms. The van der Waals surface area contributed by atoms with Crippen molar-refractivity contribution in [3.8, 4) is 0 Å². The molecule has 1 unspecified atom stereocenters. The van der Waals surface area contributed by atoms with Crippen LogP contribution in [0.3, 0.4) is 0 Å². The lowest BCUT2D eigenvalue weighted by molar-refractivity contribution is -0.206. The van der Waals surface area contributed by atoms with Crippen molar-refractivity contribution in [3.05, 3.63) is 53.9 Å². The third-order valence-electron chi connectivity index (χ3n) is 7.57. The Balaban J connectivity index is 1.30. The Morgan fingerprint density at radius 2 is 1.75 bits per heavy atom. The zero-order chi connectivity index (χ0) is 25.7. The van der Waals surface area contributed by atoms with Crippen LogP contribution in [0.15, 0.2) is 42.7 Å². The van der Waals surface area contributed by atoms with Crippen molar-refractivity contribution in [1.82, 2.24) is 19.6 Å². The number of hydrogen-bond acceptors (Lipinski definition) is 5. The number of carbonyl (C=O) groups excluding carboxylic acids is 3. The Morgan fingerprint density at radius 1 is 1.08 bits per heavy atom. The van der Waals surface area contributed by atoms with E-state index >= 15 is 0 Å². The highest BCUT2D eigenvalue weighted by Gasteiger charge is 2.71. The van der Waals surface area contributed by atoms with Gasteiger partial charge in [-0.2, -0.15) is 18.3 Å². The fourth-order valence-electron chi connectivity index (χ4n) is 5.43. The number of rotatable bonds is 6. The zero-order valence-electron chi connectivity index (χ0n) is 19.8. The number of nitrogens with zero attached hydrogens (tertiary/aromatic N) is 4. The third-order valence-corrected chi connectivity index (χ3v) is 7.57. The van der Waals surface area contributed by atoms with Gasteiger partial charge in [-0.1, -0.05) is 30.3 Å². The lowest BCUT2D eigenvalue weighted by Gasteiger charge is -2.51. The number of amides is 2. The summed E-state index contributed by atoms with van der Waals surface area (Å²) >= 11 is 0. The first-order valence-electron chi connectivity index (χ1n) is 12.0. The Labute approximate surface area is 206 Å². The highest BCUT2D eigenvalue weighted by Crippen LogP contribution is 2.60. The van der Waals surface area contributed by atoms with Crippen LogP contribution in [0.25, 0.3) is 0 Å². The van der Waals surface area contributed by atoms with E-state index in [2.05, 4.69) is 5.10 Å². The molecule has 1 atom stereocenters. The maximum Gasteiger partial charge on any atom is 0.403 e. The zero-order valence-corrected chi connectivity index (χ0v) is 19.8. The van der Waals surface area contributed by atoms with E-state index in [1.54, 1.807) is 17.8 Å². The van der Waals surface area contributed by atoms with Gasteiger partial charge in [-0.15, -0.1) is 0 Å². The van der Waals surface area contributed by atoms with Gasteiger partial charge < -0.3 is 14.5 Å². The summed E-state index contributed by atoms with van der Waals surface area (Å²) in [7, 11) is 0. The maximum atomic E-state index is 13.5. The molecule has 2 saturated heterocycles. The number of alkyl halides is 3. The van der Waals surface area contributed by atoms with E-state index in [1.807, 2.05) is 30.3 Å². The largest absolute Gasteiger partial charge is 0.466 e. The van der Waals surface area contributed by atoms with E-state index < -0.39 is 34.8 Å². The Morgan fingerprint density at radius 3 is 2.36 bits per heavy atom. The first kappa shape index (κ1) is 24.3. The van der Waals surface area contributed by atoms with Gasteiger partial charge >= 0.3 is 12.1 Å². The third kappa shape index (κ3) is 4.04. The summed E-state index contributed by atoms with van der Waals surface area (Å²) in [5, 5.41) is 4.27. The van der Waals surface area contributed by atoms with E-state index in [0.717, 1.165) is 5.56 Å². The Kier molecular flexibility index (Phi) is 5.83. The fraction of sp³-hybridized carbons (Fsp3) is 0.520. The lowest BCUT2D eigenvalue weighted by atomic mass is 9.71. The van der Waals surface area contributed by atoms with Crippen molar-refractivity contribution in [2.75, 3.05) is 32.8 Å². The number of carbonyl (C=O) groups is 3. The fourth-order valence-corrected chi connectivity index (χ4v) is 5.43. The van der Waals surface area contributed by atoms with Gasteiger partial charge in [0.1, 0.15) is 5.41 Å². The predicted molar refractivity (Wildman–Crippen MR) is 121 cm³/mol. The molecule has 2 amide bonds. The number of aromatic nitrogens is 2. The summed E-state index contributed by atoms with van der Waals surface area (Å²) in [6, 6.07) is 9.64. The average Bonchev–Trinajstić information content (AvgIpc) is 3.36. The highest BCUT2D eigenvalue weighted by molar-refractivity contribution is 5.95. The number of ether oxygens (including phenoxy) is 1. The highest BCUT2D eigenvalue weighted by atomic mass is 19.4. The summed E-state index contributed by atoms with van der Waals surface area (Å²) in [6.45, 7) is 2.51. The van der Waals surface area contributed by atoms with Gasteiger partial charge in [-0.3, -0.25) is 19.1 Å². The van der Waals surface area contributed by atoms with Gasteiger partial charge in [0, 0.05) is 37.8 Å². The van der Waals surface area contributed by atoms with Crippen LogP contribution in [0.5, 0.6) is 0 Å². The summed E-state index contributed by atoms with van der Waals surface area (Å²) in [5.41, 5.74) is -1.74. The first-order chi connectivity index (χ1) is 17.1. The summed E-state index contributed by atoms with van der Waals surface area (Å²) in [6.07, 6.45) is -1.91. The molecule has 11 heteroatoms. The maximum absolute atomic E-state index is 13.5. The molecule has 5 rings (SSSR count). The SMILES string of the molecule is CCOC(=O)C1CN(C(=O)c2cnn(Cc3ccccc3)c2)CC12CN(C(=O)C1(C(F)(F)F)CC1)C2. The molecule has 36 heavy (non-hydrogen) atoms. The second kappa shape index (κ2) is 8.63. The Bertz CT molecular complexity index is 1170. The molecule has 3 heterocycles. The molecular formula is C25H27F3N4O4. The number of likely N-dealkylation sites (tertiary alicyclic amines) is 2. The van der Waals surface area contributed by atoms with E-state index in [9.17, 15) is 27.6 Å². The molecule has 1 aromatic carbocycles. The minimum Gasteiger partial charge on any atom is -0.466 e. The number of esters is 1. The lowest BCUT2D eigenvalue weighted by Crippen LogP contribution is -2.65. The molecule has 3 fully saturated rings. The van der Waals surface area contributed by atoms with E-state index in [-0.39, 0.29) is 51.5 Å². The van der Waals surface area contributed by atoms with Crippen LogP contribution in [0.1, 0.15) is 35.7 Å². The minimum absolute atomic E-state index is 0.00973. The topological polar surface area (TPSA) is 84.7 Å². The van der Waals surface area contributed by atoms with Crippen molar-refractivity contribution in [2.24, 2.45) is 16.7 Å². The molecular weight excluding hydrogens is 477 g/mol. The number of hydrogen-bond donors (Lipinski definition) is 0. The molecule has 3 aliphatic rings. The molecule has 192 valence electrons. The van der Waals surface area contributed by atoms with Gasteiger partial charge in [0.15, 0.2) is 0 Å². The van der Waals surface area contributed by atoms with E-state index in [1.165, 1.54) is 16.0 Å². The van der Waals surface area contributed by atoms with Crippen LogP contribution in [-0.2, 0) is 20.9 Å². The summed E-state index contributed by atoms with van der Waals surface area (Å²) in [4.78, 5) is 41.4. The van der Waals surface area contributed by atoms with Crippen molar-refractivity contribution in [2.45, 2.75) is 32.5 Å². The van der Waals surface area contributed by atoms with Crippen LogP contribution in [0.4, 0.5) is 13.2 Å². The smallest absolute Gasteiger partial charge is 0.403 e. The first-order valence-corrected chi connectivity index (χ1v) is 12.0. The molecule has 8 nitrogen and oxygen atoms in total. The molecule has 1 aliphatic carbocycles. The monoisotopic (exact) mass is 504 g/mol. The van der Waals surface area contributed by atoms with Gasteiger partial charge in [-0.25, -0.2) is 0 Å². The van der Waals surface area contributed by atoms with Crippen molar-refractivity contribution >= 4 is 17.8 Å². The van der Waals surface area contributed by atoms with Gasteiger partial charge in [0.2, 0.25) is 5.91 Å². The van der Waals surface area contributed by atoms with Gasteiger partial charge in [0.25, 0.3) is 5.91 Å². The predicted octanol–water partition coefficient (Wildman–Crippen LogP) is 2.74. The van der Waals surface area contributed by atoms with E-state index in [0.29, 0.717) is 12.1 Å². The van der Waals surface area contributed by atoms with Crippen LogP contribution < -0.4 is 0 Å². The molecule has 2 aromatic rings. The van der Waals surface area contributed by atoms with Gasteiger partial charge in [-0.05, 0) is 25.3 Å². The molecule has 0 radical (unpaired) electrons. The van der Waals surface area contributed by atoms with Crippen LogP contribution in [0.2, 0.25) is 0 Å². The standard InChI is InChI=1S/C25H27F3N4O4/c1-2-36-21(34)19-13-30(20(33)18-10-29-32(12-18)11-17-6-4-3-5-7-17)14-23(19)15-31(16-23)22(35)24(8-9-24)25(26,27)28/h3-7,10,12,19H,2,8-9,11,13-16H2,1H3. The van der Waals surface area contributed by atoms with E-state index in [4.69, 9.17) is 4.74 Å². The molecule has 0 bridgehead atoms. The summed E-state index contributed by atoms with van der Waals surface area (Å²) in [5.74, 6) is -2.48. The molecule has 1 aromatic heterocycles. The van der Waals surface area contributed by atoms with Crippen LogP contribution in [0, 0.1) is 16.7 Å². The second-order valence-corrected chi connectivity index (χ2v) is 10.0. The number of halogens is 3. The Hall–Kier alpha value is -3.37. The van der Waals surface area contributed by atoms with Crippen molar-refractivity contribution < 1.29 is 32.3 Å². The quantitative estimate of drug-likeness (QED) is 0.565. The van der Waals surface area contributed by atoms with Crippen molar-refractivity contribution in [1.29, 1.82) is 0 Å². The molecule has 2 aliphatic heterocycles. The second-order valence-electron chi connectivity index (χ2n) is 10.0. The summed E-state index contributed by atoms with van der Waals surface area (Å²) < 4.78 is 47.2. The molecule has 0 N–H and O–H groups in total. The van der Waals surface area contributed by atoms with Crippen LogP contribution in [-0.4, -0.2) is 76.3 Å². The average molecular weight is 505 g/mol. The normalized spacial score (nSPS) is 21.8. The van der Waals surface area contributed by atoms with Crippen LogP contribution >= 0.6 is 0 Å². The molecule has 1 saturated carbocycles. The van der Waals surface area contributed by atoms with Crippen molar-refractivity contribution in [3.63, 3.8) is 0 Å². The minimum atomic E-state index is -4.59. The number of benzene rings is 1.